The number of hydrogen-bond donors (Lipinski definition) is 0. The first kappa shape index (κ1) is 22.6. The van der Waals surface area contributed by atoms with Crippen molar-refractivity contribution < 1.29 is 17.5 Å². The third kappa shape index (κ3) is 7.27. The van der Waals surface area contributed by atoms with Gasteiger partial charge in [-0.25, -0.2) is 13.0 Å². The Balaban J connectivity index is 0.000000210. The summed E-state index contributed by atoms with van der Waals surface area (Å²) in [7, 11) is -4.27. The molecule has 0 amide bonds. The molecule has 160 valence electrons. The minimum atomic E-state index is -4.27. The quantitative estimate of drug-likeness (QED) is 0.432. The van der Waals surface area contributed by atoms with Gasteiger partial charge in [-0.2, -0.15) is 0 Å². The maximum absolute atomic E-state index is 10.4. The maximum atomic E-state index is 10.4. The summed E-state index contributed by atoms with van der Waals surface area (Å²) in [5.41, 5.74) is 3.34. The van der Waals surface area contributed by atoms with Gasteiger partial charge in [0.1, 0.15) is 10.1 Å². The molecule has 0 bridgehead atoms. The van der Waals surface area contributed by atoms with Crippen LogP contribution in [0.25, 0.3) is 6.08 Å². The molecule has 0 fully saturated rings. The Morgan fingerprint density at radius 1 is 0.871 bits per heavy atom. The summed E-state index contributed by atoms with van der Waals surface area (Å²) in [5.74, 6) is 1.14. The summed E-state index contributed by atoms with van der Waals surface area (Å²) in [6.45, 7) is 1.82. The third-order valence-corrected chi connectivity index (χ3v) is 5.66. The van der Waals surface area contributed by atoms with Crippen molar-refractivity contribution in [3.63, 3.8) is 0 Å². The largest absolute Gasteiger partial charge is 0.744 e. The van der Waals surface area contributed by atoms with Crippen LogP contribution in [0.4, 0.5) is 0 Å². The van der Waals surface area contributed by atoms with E-state index in [0.717, 1.165) is 24.2 Å². The molecule has 0 spiro atoms. The Kier molecular flexibility index (Phi) is 7.87. The summed E-state index contributed by atoms with van der Waals surface area (Å²) >= 11 is 0. The Morgan fingerprint density at radius 3 is 2.13 bits per heavy atom. The van der Waals surface area contributed by atoms with Gasteiger partial charge in [0.15, 0.2) is 5.70 Å². The van der Waals surface area contributed by atoms with E-state index in [-0.39, 0.29) is 4.90 Å². The summed E-state index contributed by atoms with van der Waals surface area (Å²) in [4.78, 5) is 4.70. The molecule has 0 saturated carbocycles. The number of benzene rings is 2. The summed E-state index contributed by atoms with van der Waals surface area (Å²) in [6.07, 6.45) is 10.9. The molecule has 0 aliphatic carbocycles. The highest BCUT2D eigenvalue weighted by Crippen LogP contribution is 2.19. The monoisotopic (exact) mass is 434 g/mol. The molecule has 0 saturated heterocycles. The van der Waals surface area contributed by atoms with Gasteiger partial charge < -0.3 is 4.55 Å². The van der Waals surface area contributed by atoms with Crippen molar-refractivity contribution >= 4 is 22.0 Å². The Morgan fingerprint density at radius 2 is 1.48 bits per heavy atom. The zero-order valence-corrected chi connectivity index (χ0v) is 18.3. The van der Waals surface area contributed by atoms with E-state index >= 15 is 0 Å². The molecule has 0 radical (unpaired) electrons. The van der Waals surface area contributed by atoms with E-state index < -0.39 is 10.1 Å². The normalized spacial score (nSPS) is 15.4. The lowest BCUT2D eigenvalue weighted by Gasteiger charge is -2.05. The van der Waals surface area contributed by atoms with Gasteiger partial charge in [0.25, 0.3) is 0 Å². The molecule has 4 rings (SSSR count). The third-order valence-electron chi connectivity index (χ3n) is 4.81. The number of aryl methyl sites for hydroxylation is 1. The molecular formula is C25H26N2O3S. The average molecular weight is 435 g/mol. The number of allylic oxidation sites excluding steroid dienone is 1. The number of aliphatic imine (C=N–C) groups is 1. The lowest BCUT2D eigenvalue weighted by atomic mass is 10.1. The smallest absolute Gasteiger partial charge is 0.303 e. The fourth-order valence-corrected chi connectivity index (χ4v) is 3.64. The van der Waals surface area contributed by atoms with Crippen LogP contribution in [0, 0.1) is 6.92 Å². The second-order valence-corrected chi connectivity index (χ2v) is 8.71. The van der Waals surface area contributed by atoms with Crippen molar-refractivity contribution in [1.82, 2.24) is 0 Å². The summed E-state index contributed by atoms with van der Waals surface area (Å²) < 4.78 is 33.3. The van der Waals surface area contributed by atoms with Crippen LogP contribution in [0.1, 0.15) is 36.8 Å². The van der Waals surface area contributed by atoms with E-state index in [1.54, 1.807) is 12.1 Å². The van der Waals surface area contributed by atoms with Gasteiger partial charge in [-0.1, -0.05) is 59.1 Å². The molecule has 6 heteroatoms. The van der Waals surface area contributed by atoms with Crippen molar-refractivity contribution in [2.24, 2.45) is 4.99 Å². The van der Waals surface area contributed by atoms with Crippen molar-refractivity contribution in [2.45, 2.75) is 37.5 Å². The minimum Gasteiger partial charge on any atom is -0.744 e. The molecule has 1 aliphatic rings. The number of hydrogen-bond acceptors (Lipinski definition) is 4. The zero-order valence-electron chi connectivity index (χ0n) is 17.5. The first-order chi connectivity index (χ1) is 14.9. The summed E-state index contributed by atoms with van der Waals surface area (Å²) in [5, 5.41) is 0. The molecule has 0 atom stereocenters. The second-order valence-electron chi connectivity index (χ2n) is 7.33. The fourth-order valence-electron chi connectivity index (χ4n) is 3.18. The number of rotatable bonds is 2. The second kappa shape index (κ2) is 10.8. The van der Waals surface area contributed by atoms with Gasteiger partial charge >= 0.3 is 5.84 Å². The van der Waals surface area contributed by atoms with E-state index in [9.17, 15) is 13.0 Å². The molecule has 31 heavy (non-hydrogen) atoms. The molecule has 2 heterocycles. The topological polar surface area (TPSA) is 73.4 Å². The molecular weight excluding hydrogens is 408 g/mol. The Labute approximate surface area is 184 Å². The van der Waals surface area contributed by atoms with Crippen molar-refractivity contribution in [2.75, 3.05) is 0 Å². The van der Waals surface area contributed by atoms with Crippen LogP contribution in [0.15, 0.2) is 101 Å². The maximum Gasteiger partial charge on any atom is 0.303 e. The molecule has 1 aliphatic heterocycles. The lowest BCUT2D eigenvalue weighted by Crippen LogP contribution is -2.41. The van der Waals surface area contributed by atoms with E-state index in [1.807, 2.05) is 31.2 Å². The van der Waals surface area contributed by atoms with E-state index in [4.69, 9.17) is 4.99 Å². The van der Waals surface area contributed by atoms with E-state index in [1.165, 1.54) is 36.2 Å². The molecule has 5 nitrogen and oxygen atoms in total. The highest BCUT2D eigenvalue weighted by atomic mass is 32.2. The number of pyridine rings is 1. The predicted molar refractivity (Wildman–Crippen MR) is 121 cm³/mol. The van der Waals surface area contributed by atoms with Gasteiger partial charge in [-0.05, 0) is 55.7 Å². The number of aromatic nitrogens is 1. The Hall–Kier alpha value is -3.09. The van der Waals surface area contributed by atoms with Crippen LogP contribution < -0.4 is 4.57 Å². The van der Waals surface area contributed by atoms with E-state index in [2.05, 4.69) is 47.3 Å². The van der Waals surface area contributed by atoms with Crippen molar-refractivity contribution in [1.29, 1.82) is 0 Å². The lowest BCUT2D eigenvalue weighted by molar-refractivity contribution is -0.557. The molecule has 3 aromatic rings. The average Bonchev–Trinajstić information content (AvgIpc) is 3.01. The van der Waals surface area contributed by atoms with E-state index in [0.29, 0.717) is 0 Å². The molecule has 1 aromatic heterocycles. The minimum absolute atomic E-state index is 0.178. The Bertz CT molecular complexity index is 1140. The van der Waals surface area contributed by atoms with Crippen LogP contribution in [-0.4, -0.2) is 18.8 Å². The van der Waals surface area contributed by atoms with Gasteiger partial charge in [-0.3, -0.25) is 0 Å². The van der Waals surface area contributed by atoms with Gasteiger partial charge in [0, 0.05) is 6.42 Å². The molecule has 0 unspecified atom stereocenters. The zero-order chi connectivity index (χ0) is 22.1. The van der Waals surface area contributed by atoms with Crippen molar-refractivity contribution in [3.05, 3.63) is 102 Å². The summed E-state index contributed by atoms with van der Waals surface area (Å²) in [6, 6.07) is 22.4. The number of nitrogens with zero attached hydrogens (tertiary/aromatic N) is 2. The predicted octanol–water partition coefficient (Wildman–Crippen LogP) is 4.73. The van der Waals surface area contributed by atoms with Gasteiger partial charge in [-0.15, -0.1) is 0 Å². The first-order valence-electron chi connectivity index (χ1n) is 10.2. The highest BCUT2D eigenvalue weighted by molar-refractivity contribution is 7.85. The molecule has 0 N–H and O–H groups in total. The van der Waals surface area contributed by atoms with Crippen LogP contribution in [0.3, 0.4) is 0 Å². The van der Waals surface area contributed by atoms with Crippen LogP contribution in [-0.2, 0) is 10.1 Å². The van der Waals surface area contributed by atoms with Gasteiger partial charge in [0.05, 0.1) is 23.7 Å². The standard InChI is InChI=1S/C18H19N2.C7H8O3S/c1-3-9-16(10-4-1)15-17-11-5-6-12-18(19-17)20-13-7-2-8-14-20;1-6-2-4-7(5-3-6)11(8,9)10/h1-4,7-10,13-15H,5-6,11-12H2;2-5H,1H3,(H,8,9,10)/q+1;/p-1/b17-15+;. The van der Waals surface area contributed by atoms with Crippen molar-refractivity contribution in [3.8, 4) is 0 Å². The van der Waals surface area contributed by atoms with Gasteiger partial charge in [0.2, 0.25) is 0 Å². The van der Waals surface area contributed by atoms with Crippen LogP contribution in [0.2, 0.25) is 0 Å². The van der Waals surface area contributed by atoms with Crippen LogP contribution >= 0.6 is 0 Å². The fraction of sp³-hybridized carbons (Fsp3) is 0.200. The molecule has 2 aromatic carbocycles. The van der Waals surface area contributed by atoms with Crippen LogP contribution in [0.5, 0.6) is 0 Å². The first-order valence-corrected chi connectivity index (χ1v) is 11.6. The highest BCUT2D eigenvalue weighted by Gasteiger charge is 2.17. The SMILES string of the molecule is C(=C1/CCCCC([n+]2ccccc2)=N1)/c1ccccc1.Cc1ccc(S(=O)(=O)[O-])cc1.